The van der Waals surface area contributed by atoms with E-state index in [1.807, 2.05) is 6.92 Å². The zero-order valence-corrected chi connectivity index (χ0v) is 17.4. The maximum absolute atomic E-state index is 12.2. The largest absolute Gasteiger partial charge is 0.423 e. The van der Waals surface area contributed by atoms with Crippen LogP contribution in [-0.2, 0) is 27.6 Å². The van der Waals surface area contributed by atoms with Crippen LogP contribution >= 0.6 is 11.6 Å². The van der Waals surface area contributed by atoms with Gasteiger partial charge in [0.1, 0.15) is 5.58 Å². The third-order valence-corrected chi connectivity index (χ3v) is 6.95. The zero-order chi connectivity index (χ0) is 20.5. The number of fused-ring (bicyclic) bond motifs is 1. The lowest BCUT2D eigenvalue weighted by molar-refractivity contribution is -0.122. The molecule has 0 saturated carbocycles. The van der Waals surface area contributed by atoms with Gasteiger partial charge in [0.05, 0.1) is 18.1 Å². The minimum atomic E-state index is -3.04. The summed E-state index contributed by atoms with van der Waals surface area (Å²) >= 11 is 6.31. The summed E-state index contributed by atoms with van der Waals surface area (Å²) in [5.41, 5.74) is 1.63. The second-order valence-electron chi connectivity index (χ2n) is 7.22. The van der Waals surface area contributed by atoms with Crippen molar-refractivity contribution in [3.8, 4) is 0 Å². The minimum Gasteiger partial charge on any atom is -0.423 e. The van der Waals surface area contributed by atoms with Gasteiger partial charge in [0, 0.05) is 29.1 Å². The van der Waals surface area contributed by atoms with Crippen LogP contribution < -0.4 is 10.9 Å². The van der Waals surface area contributed by atoms with Gasteiger partial charge < -0.3 is 9.73 Å². The summed E-state index contributed by atoms with van der Waals surface area (Å²) in [4.78, 5) is 25.9. The molecule has 0 radical (unpaired) electrons. The Hall–Kier alpha value is -1.90. The molecule has 152 valence electrons. The maximum Gasteiger partial charge on any atom is 0.336 e. The first kappa shape index (κ1) is 20.8. The average molecular weight is 427 g/mol. The van der Waals surface area contributed by atoms with Gasteiger partial charge in [-0.05, 0) is 43.1 Å². The highest BCUT2D eigenvalue weighted by Crippen LogP contribution is 2.26. The Morgan fingerprint density at radius 1 is 1.32 bits per heavy atom. The fourth-order valence-electron chi connectivity index (χ4n) is 3.46. The van der Waals surface area contributed by atoms with E-state index in [0.717, 1.165) is 22.9 Å². The number of likely N-dealkylation sites (N-methyl/N-ethyl adjacent to an activating group) is 1. The number of hydrogen-bond acceptors (Lipinski definition) is 6. The van der Waals surface area contributed by atoms with Gasteiger partial charge in [0.2, 0.25) is 5.91 Å². The van der Waals surface area contributed by atoms with E-state index < -0.39 is 15.5 Å². The van der Waals surface area contributed by atoms with Crippen LogP contribution in [0.25, 0.3) is 11.0 Å². The number of sulfone groups is 1. The lowest BCUT2D eigenvalue weighted by Crippen LogP contribution is -2.41. The molecule has 0 bridgehead atoms. The van der Waals surface area contributed by atoms with Crippen LogP contribution in [0, 0.1) is 0 Å². The van der Waals surface area contributed by atoms with Crippen molar-refractivity contribution >= 4 is 38.3 Å². The van der Waals surface area contributed by atoms with E-state index in [4.69, 9.17) is 16.0 Å². The van der Waals surface area contributed by atoms with E-state index in [2.05, 4.69) is 5.32 Å². The Bertz CT molecular complexity index is 1060. The molecule has 3 rings (SSSR count). The van der Waals surface area contributed by atoms with Crippen LogP contribution in [0.15, 0.2) is 27.4 Å². The Kier molecular flexibility index (Phi) is 6.12. The normalized spacial score (nSPS) is 18.6. The molecule has 7 nitrogen and oxygen atoms in total. The van der Waals surface area contributed by atoms with Crippen molar-refractivity contribution in [3.05, 3.63) is 44.8 Å². The molecule has 2 aromatic rings. The summed E-state index contributed by atoms with van der Waals surface area (Å²) in [5, 5.41) is 4.10. The van der Waals surface area contributed by atoms with Crippen molar-refractivity contribution in [3.63, 3.8) is 0 Å². The van der Waals surface area contributed by atoms with Gasteiger partial charge in [-0.1, -0.05) is 18.5 Å². The number of amides is 1. The summed E-state index contributed by atoms with van der Waals surface area (Å²) in [6, 6.07) is 4.63. The van der Waals surface area contributed by atoms with Gasteiger partial charge in [0.15, 0.2) is 9.84 Å². The lowest BCUT2D eigenvalue weighted by atomic mass is 10.1. The highest BCUT2D eigenvalue weighted by atomic mass is 35.5. The fraction of sp³-hybridized carbons (Fsp3) is 0.474. The molecule has 1 aliphatic heterocycles. The molecular weight excluding hydrogens is 404 g/mol. The van der Waals surface area contributed by atoms with Crippen LogP contribution in [0.5, 0.6) is 0 Å². The van der Waals surface area contributed by atoms with Crippen molar-refractivity contribution in [2.45, 2.75) is 32.4 Å². The molecule has 1 aromatic carbocycles. The molecule has 28 heavy (non-hydrogen) atoms. The zero-order valence-electron chi connectivity index (χ0n) is 15.8. The first-order chi connectivity index (χ1) is 13.2. The molecule has 1 atom stereocenters. The molecule has 1 aliphatic rings. The summed E-state index contributed by atoms with van der Waals surface area (Å²) in [5.74, 6) is -0.145. The number of nitrogens with zero attached hydrogens (tertiary/aromatic N) is 1. The minimum absolute atomic E-state index is 0.00885. The van der Waals surface area contributed by atoms with E-state index in [1.54, 1.807) is 24.1 Å². The number of carbonyl (C=O) groups excluding carboxylic acids is 1. The highest BCUT2D eigenvalue weighted by molar-refractivity contribution is 7.91. The molecule has 1 N–H and O–H groups in total. The average Bonchev–Trinajstić information content (AvgIpc) is 2.93. The smallest absolute Gasteiger partial charge is 0.336 e. The Balaban J connectivity index is 1.72. The SMILES string of the molecule is CCc1cc2oc(=O)cc(CN(C)CC(=O)NC3CCS(=O)(=O)C3)c2cc1Cl. The van der Waals surface area contributed by atoms with Crippen molar-refractivity contribution in [2.75, 3.05) is 25.1 Å². The predicted octanol–water partition coefficient (Wildman–Crippen LogP) is 1.74. The molecule has 1 unspecified atom stereocenters. The Labute approximate surface area is 168 Å². The third-order valence-electron chi connectivity index (χ3n) is 4.83. The number of nitrogens with one attached hydrogen (secondary N) is 1. The molecule has 0 aliphatic carbocycles. The van der Waals surface area contributed by atoms with Crippen molar-refractivity contribution in [1.82, 2.24) is 10.2 Å². The van der Waals surface area contributed by atoms with Crippen LogP contribution in [0.4, 0.5) is 0 Å². The quantitative estimate of drug-likeness (QED) is 0.707. The number of carbonyl (C=O) groups is 1. The number of halogens is 1. The summed E-state index contributed by atoms with van der Waals surface area (Å²) in [6.07, 6.45) is 1.17. The Morgan fingerprint density at radius 2 is 2.07 bits per heavy atom. The van der Waals surface area contributed by atoms with Gasteiger partial charge in [0.25, 0.3) is 0 Å². The van der Waals surface area contributed by atoms with Gasteiger partial charge >= 0.3 is 5.63 Å². The van der Waals surface area contributed by atoms with Gasteiger partial charge in [-0.25, -0.2) is 13.2 Å². The van der Waals surface area contributed by atoms with Crippen LogP contribution in [-0.4, -0.2) is 50.4 Å². The molecule has 2 heterocycles. The molecule has 1 amide bonds. The topological polar surface area (TPSA) is 96.7 Å². The van der Waals surface area contributed by atoms with E-state index in [0.29, 0.717) is 23.6 Å². The van der Waals surface area contributed by atoms with Gasteiger partial charge in [-0.2, -0.15) is 0 Å². The monoisotopic (exact) mass is 426 g/mol. The third kappa shape index (κ3) is 4.92. The summed E-state index contributed by atoms with van der Waals surface area (Å²) in [6.45, 7) is 2.40. The Morgan fingerprint density at radius 3 is 2.71 bits per heavy atom. The highest BCUT2D eigenvalue weighted by Gasteiger charge is 2.29. The van der Waals surface area contributed by atoms with E-state index in [1.165, 1.54) is 6.07 Å². The standard InChI is InChI=1S/C19H23ClN2O5S/c1-3-12-6-17-15(8-16(12)20)13(7-19(24)27-17)9-22(2)10-18(23)21-14-4-5-28(25,26)11-14/h6-8,14H,3-5,9-11H2,1-2H3,(H,21,23). The number of rotatable bonds is 6. The molecule has 1 fully saturated rings. The molecular formula is C19H23ClN2O5S. The lowest BCUT2D eigenvalue weighted by Gasteiger charge is -2.19. The van der Waals surface area contributed by atoms with Crippen molar-refractivity contribution in [1.29, 1.82) is 0 Å². The van der Waals surface area contributed by atoms with Gasteiger partial charge in [-0.3, -0.25) is 9.69 Å². The van der Waals surface area contributed by atoms with Crippen molar-refractivity contribution < 1.29 is 17.6 Å². The first-order valence-electron chi connectivity index (χ1n) is 9.10. The maximum atomic E-state index is 12.2. The van der Waals surface area contributed by atoms with E-state index in [-0.39, 0.29) is 30.0 Å². The van der Waals surface area contributed by atoms with Crippen molar-refractivity contribution in [2.24, 2.45) is 0 Å². The fourth-order valence-corrected chi connectivity index (χ4v) is 5.44. The van der Waals surface area contributed by atoms with Crippen LogP contribution in [0.1, 0.15) is 24.5 Å². The molecule has 9 heteroatoms. The number of benzene rings is 1. The molecule has 1 saturated heterocycles. The second-order valence-corrected chi connectivity index (χ2v) is 9.86. The van der Waals surface area contributed by atoms with E-state index in [9.17, 15) is 18.0 Å². The molecule has 1 aromatic heterocycles. The number of hydrogen-bond donors (Lipinski definition) is 1. The summed E-state index contributed by atoms with van der Waals surface area (Å²) < 4.78 is 28.3. The second kappa shape index (κ2) is 8.23. The number of aryl methyl sites for hydroxylation is 1. The van der Waals surface area contributed by atoms with Crippen LogP contribution in [0.3, 0.4) is 0 Å². The van der Waals surface area contributed by atoms with E-state index >= 15 is 0 Å². The van der Waals surface area contributed by atoms with Gasteiger partial charge in [-0.15, -0.1) is 0 Å². The van der Waals surface area contributed by atoms with Crippen LogP contribution in [0.2, 0.25) is 5.02 Å². The molecule has 0 spiro atoms. The summed E-state index contributed by atoms with van der Waals surface area (Å²) in [7, 11) is -1.29. The predicted molar refractivity (Wildman–Crippen MR) is 108 cm³/mol. The first-order valence-corrected chi connectivity index (χ1v) is 11.3.